The van der Waals surface area contributed by atoms with Crippen LogP contribution < -0.4 is 11.1 Å². The quantitative estimate of drug-likeness (QED) is 0.266. The van der Waals surface area contributed by atoms with Gasteiger partial charge in [0.2, 0.25) is 0 Å². The number of anilines is 1. The van der Waals surface area contributed by atoms with Gasteiger partial charge in [-0.25, -0.2) is 9.78 Å². The molecule has 3 N–H and O–H groups in total. The number of nitro benzene ring substituents is 1. The molecule has 1 heterocycles. The Balaban J connectivity index is 2.19. The number of nitro groups is 1. The Labute approximate surface area is 145 Å². The lowest BCUT2D eigenvalue weighted by Crippen LogP contribution is -2.20. The van der Waals surface area contributed by atoms with E-state index in [4.69, 9.17) is 17.3 Å². The molecule has 0 aliphatic carbocycles. The first-order chi connectivity index (χ1) is 11.4. The molecular formula is C14H11ClN4O4S. The van der Waals surface area contributed by atoms with E-state index in [9.17, 15) is 19.7 Å². The molecule has 0 spiro atoms. The van der Waals surface area contributed by atoms with Crippen LogP contribution in [0.4, 0.5) is 16.2 Å². The van der Waals surface area contributed by atoms with E-state index in [0.29, 0.717) is 5.69 Å². The number of nitrogens with two attached hydrogens (primary N) is 1. The Bertz CT molecular complexity index is 815. The number of carbonyl (C=O) groups excluding carboxylic acids is 2. The third-order valence-electron chi connectivity index (χ3n) is 2.83. The number of Topliss-reactive ketones (excluding diaryl/α,β-unsaturated/α-hetero) is 1. The van der Waals surface area contributed by atoms with Crippen LogP contribution in [0.2, 0.25) is 5.15 Å². The van der Waals surface area contributed by atoms with Crippen LogP contribution in [0.3, 0.4) is 0 Å². The molecule has 0 bridgehead atoms. The molecule has 0 saturated heterocycles. The summed E-state index contributed by atoms with van der Waals surface area (Å²) in [5.41, 5.74) is 5.10. The molecule has 10 heteroatoms. The number of hydrogen-bond acceptors (Lipinski definition) is 6. The third-order valence-corrected chi connectivity index (χ3v) is 4.03. The minimum absolute atomic E-state index is 0.00133. The minimum Gasteiger partial charge on any atom is -0.351 e. The molecule has 0 fully saturated rings. The summed E-state index contributed by atoms with van der Waals surface area (Å²) in [4.78, 5) is 37.6. The maximum absolute atomic E-state index is 12.3. The normalized spacial score (nSPS) is 10.2. The second-order valence-corrected chi connectivity index (χ2v) is 5.81. The predicted molar refractivity (Wildman–Crippen MR) is 90.6 cm³/mol. The average molecular weight is 367 g/mol. The van der Waals surface area contributed by atoms with E-state index in [1.165, 1.54) is 30.3 Å². The summed E-state index contributed by atoms with van der Waals surface area (Å²) in [6.45, 7) is 0. The summed E-state index contributed by atoms with van der Waals surface area (Å²) < 4.78 is 0. The van der Waals surface area contributed by atoms with E-state index < -0.39 is 16.7 Å². The zero-order chi connectivity index (χ0) is 17.7. The molecule has 124 valence electrons. The van der Waals surface area contributed by atoms with Gasteiger partial charge >= 0.3 is 6.03 Å². The molecule has 0 unspecified atom stereocenters. The van der Waals surface area contributed by atoms with Gasteiger partial charge < -0.3 is 11.1 Å². The third kappa shape index (κ3) is 4.43. The molecule has 2 rings (SSSR count). The number of hydrogen-bond donors (Lipinski definition) is 2. The zero-order valence-corrected chi connectivity index (χ0v) is 13.6. The summed E-state index contributed by atoms with van der Waals surface area (Å²) in [5, 5.41) is 13.8. The first-order valence-corrected chi connectivity index (χ1v) is 7.87. The monoisotopic (exact) mass is 366 g/mol. The second kappa shape index (κ2) is 7.75. The number of para-hydroxylation sites is 1. The van der Waals surface area contributed by atoms with Gasteiger partial charge in [-0.2, -0.15) is 0 Å². The predicted octanol–water partition coefficient (Wildman–Crippen LogP) is 3.11. The number of rotatable bonds is 6. The summed E-state index contributed by atoms with van der Waals surface area (Å²) in [7, 11) is 0. The zero-order valence-electron chi connectivity index (χ0n) is 12.1. The van der Waals surface area contributed by atoms with Gasteiger partial charge in [-0.05, 0) is 18.2 Å². The number of aromatic nitrogens is 1. The summed E-state index contributed by atoms with van der Waals surface area (Å²) in [6.07, 6.45) is 0. The lowest BCUT2D eigenvalue weighted by atomic mass is 10.1. The van der Waals surface area contributed by atoms with Crippen molar-refractivity contribution in [1.82, 2.24) is 4.98 Å². The standard InChI is InChI=1S/C14H11ClN4O4S/c15-12-6-5-9(17-14(16)21)13(18-12)24-7-11(20)8-3-1-2-4-10(8)19(22)23/h1-6H,7H2,(H3,16,17,21). The minimum atomic E-state index is -0.786. The van der Waals surface area contributed by atoms with Gasteiger partial charge in [0.25, 0.3) is 5.69 Å². The van der Waals surface area contributed by atoms with Crippen molar-refractivity contribution in [2.45, 2.75) is 5.03 Å². The highest BCUT2D eigenvalue weighted by atomic mass is 35.5. The number of halogens is 1. The van der Waals surface area contributed by atoms with E-state index in [1.54, 1.807) is 6.07 Å². The maximum Gasteiger partial charge on any atom is 0.316 e. The number of thioether (sulfide) groups is 1. The van der Waals surface area contributed by atoms with Crippen LogP contribution in [-0.4, -0.2) is 27.5 Å². The number of nitrogens with one attached hydrogen (secondary N) is 1. The van der Waals surface area contributed by atoms with Gasteiger partial charge in [-0.15, -0.1) is 0 Å². The van der Waals surface area contributed by atoms with Crippen LogP contribution >= 0.6 is 23.4 Å². The van der Waals surface area contributed by atoms with E-state index in [1.807, 2.05) is 0 Å². The van der Waals surface area contributed by atoms with Crippen molar-refractivity contribution in [3.63, 3.8) is 0 Å². The maximum atomic E-state index is 12.3. The Hall–Kier alpha value is -2.65. The van der Waals surface area contributed by atoms with Gasteiger partial charge in [0.1, 0.15) is 10.2 Å². The topological polar surface area (TPSA) is 128 Å². The molecule has 0 aliphatic heterocycles. The first kappa shape index (κ1) is 17.7. The lowest BCUT2D eigenvalue weighted by molar-refractivity contribution is -0.385. The van der Waals surface area contributed by atoms with E-state index in [0.717, 1.165) is 11.8 Å². The number of amides is 2. The van der Waals surface area contributed by atoms with Crippen molar-refractivity contribution in [2.75, 3.05) is 11.1 Å². The van der Waals surface area contributed by atoms with Crippen molar-refractivity contribution in [3.05, 3.63) is 57.2 Å². The number of nitrogens with zero attached hydrogens (tertiary/aromatic N) is 2. The summed E-state index contributed by atoms with van der Waals surface area (Å²) >= 11 is 6.80. The average Bonchev–Trinajstić information content (AvgIpc) is 2.54. The number of primary amides is 1. The fourth-order valence-corrected chi connectivity index (χ4v) is 2.89. The van der Waals surface area contributed by atoms with Gasteiger partial charge in [0.15, 0.2) is 5.78 Å². The molecule has 0 radical (unpaired) electrons. The number of pyridine rings is 1. The number of urea groups is 1. The smallest absolute Gasteiger partial charge is 0.316 e. The van der Waals surface area contributed by atoms with Crippen LogP contribution in [0, 0.1) is 10.1 Å². The molecule has 0 atom stereocenters. The largest absolute Gasteiger partial charge is 0.351 e. The van der Waals surface area contributed by atoms with Gasteiger partial charge in [-0.3, -0.25) is 14.9 Å². The molecule has 24 heavy (non-hydrogen) atoms. The number of ketones is 1. The van der Waals surface area contributed by atoms with Crippen molar-refractivity contribution < 1.29 is 14.5 Å². The highest BCUT2D eigenvalue weighted by molar-refractivity contribution is 8.00. The Morgan fingerprint density at radius 2 is 2.00 bits per heavy atom. The molecule has 1 aromatic carbocycles. The second-order valence-electron chi connectivity index (χ2n) is 4.46. The fraction of sp³-hybridized carbons (Fsp3) is 0.0714. The van der Waals surface area contributed by atoms with Crippen molar-refractivity contribution in [2.24, 2.45) is 5.73 Å². The molecule has 8 nitrogen and oxygen atoms in total. The van der Waals surface area contributed by atoms with Crippen LogP contribution in [0.1, 0.15) is 10.4 Å². The molecule has 2 aromatic rings. The molecule has 0 saturated carbocycles. The van der Waals surface area contributed by atoms with Gasteiger partial charge in [0.05, 0.1) is 21.9 Å². The lowest BCUT2D eigenvalue weighted by Gasteiger charge is -2.08. The van der Waals surface area contributed by atoms with Crippen molar-refractivity contribution in [3.8, 4) is 0 Å². The molecule has 2 amide bonds. The Morgan fingerprint density at radius 3 is 2.67 bits per heavy atom. The van der Waals surface area contributed by atoms with Crippen LogP contribution in [0.25, 0.3) is 0 Å². The SMILES string of the molecule is NC(=O)Nc1ccc(Cl)nc1SCC(=O)c1ccccc1[N+](=O)[O-]. The van der Waals surface area contributed by atoms with E-state index in [2.05, 4.69) is 10.3 Å². The number of benzene rings is 1. The van der Waals surface area contributed by atoms with Crippen molar-refractivity contribution in [1.29, 1.82) is 0 Å². The Kier molecular flexibility index (Phi) is 5.72. The first-order valence-electron chi connectivity index (χ1n) is 6.51. The molecule has 0 aliphatic rings. The van der Waals surface area contributed by atoms with Crippen molar-refractivity contribution >= 4 is 46.6 Å². The van der Waals surface area contributed by atoms with Crippen LogP contribution in [0.15, 0.2) is 41.4 Å². The van der Waals surface area contributed by atoms with Crippen LogP contribution in [-0.2, 0) is 0 Å². The Morgan fingerprint density at radius 1 is 1.29 bits per heavy atom. The van der Waals surface area contributed by atoms with E-state index in [-0.39, 0.29) is 27.2 Å². The van der Waals surface area contributed by atoms with Crippen LogP contribution in [0.5, 0.6) is 0 Å². The molecule has 1 aromatic heterocycles. The highest BCUT2D eigenvalue weighted by Crippen LogP contribution is 2.28. The highest BCUT2D eigenvalue weighted by Gasteiger charge is 2.20. The summed E-state index contributed by atoms with van der Waals surface area (Å²) in [5.74, 6) is -0.565. The molecular weight excluding hydrogens is 356 g/mol. The van der Waals surface area contributed by atoms with Gasteiger partial charge in [0, 0.05) is 6.07 Å². The number of carbonyl (C=O) groups is 2. The van der Waals surface area contributed by atoms with Gasteiger partial charge in [-0.1, -0.05) is 35.5 Å². The summed E-state index contributed by atoms with van der Waals surface area (Å²) in [6, 6.07) is 7.84. The van der Waals surface area contributed by atoms with E-state index >= 15 is 0 Å². The fourth-order valence-electron chi connectivity index (χ4n) is 1.84.